The molecule has 1 unspecified atom stereocenters. The van der Waals surface area contributed by atoms with Crippen LogP contribution in [-0.2, 0) is 6.42 Å². The molecule has 1 atom stereocenters. The van der Waals surface area contributed by atoms with E-state index in [2.05, 4.69) is 77.6 Å². The van der Waals surface area contributed by atoms with E-state index in [-0.39, 0.29) is 6.04 Å². The van der Waals surface area contributed by atoms with Crippen molar-refractivity contribution >= 4 is 17.3 Å². The second-order valence-corrected chi connectivity index (χ2v) is 7.04. The highest BCUT2D eigenvalue weighted by Gasteiger charge is 2.24. The second-order valence-electron chi connectivity index (χ2n) is 6.09. The number of hydrogen-bond donors (Lipinski definition) is 2. The van der Waals surface area contributed by atoms with E-state index in [1.54, 1.807) is 11.8 Å². The van der Waals surface area contributed by atoms with Crippen LogP contribution in [0.2, 0.25) is 0 Å². The Labute approximate surface area is 152 Å². The van der Waals surface area contributed by atoms with E-state index in [1.165, 1.54) is 27.2 Å². The number of rotatable bonds is 3. The zero-order valence-electron chi connectivity index (χ0n) is 13.7. The fourth-order valence-corrected chi connectivity index (χ4v) is 4.17. The molecule has 0 saturated carbocycles. The largest absolute Gasteiger partial charge is 0.316 e. The van der Waals surface area contributed by atoms with Crippen LogP contribution in [0.25, 0.3) is 5.57 Å². The summed E-state index contributed by atoms with van der Waals surface area (Å²) in [6, 6.07) is 27.1. The summed E-state index contributed by atoms with van der Waals surface area (Å²) in [6.07, 6.45) is 0.761. The zero-order chi connectivity index (χ0) is 17.1. The van der Waals surface area contributed by atoms with Crippen molar-refractivity contribution in [3.8, 4) is 0 Å². The monoisotopic (exact) mass is 345 g/mol. The number of nitrogens with one attached hydrogen (secondary N) is 1. The topological polar surface area (TPSA) is 32.3 Å². The molecule has 3 heteroatoms. The first-order valence-electron chi connectivity index (χ1n) is 8.36. The molecule has 0 spiro atoms. The molecule has 4 rings (SSSR count). The minimum Gasteiger partial charge on any atom is -0.316 e. The normalized spacial score (nSPS) is 17.6. The molecule has 2 N–H and O–H groups in total. The third-order valence-corrected chi connectivity index (χ3v) is 5.47. The molecule has 1 aliphatic carbocycles. The maximum Gasteiger partial charge on any atom is 0.0615 e. The van der Waals surface area contributed by atoms with Crippen LogP contribution >= 0.6 is 11.8 Å². The molecule has 0 aromatic heterocycles. The van der Waals surface area contributed by atoms with E-state index < -0.39 is 0 Å². The Bertz CT molecular complexity index is 905. The van der Waals surface area contributed by atoms with Gasteiger partial charge in [0.15, 0.2) is 0 Å². The van der Waals surface area contributed by atoms with Gasteiger partial charge in [0.1, 0.15) is 0 Å². The summed E-state index contributed by atoms with van der Waals surface area (Å²) in [7, 11) is 0. The van der Waals surface area contributed by atoms with Crippen molar-refractivity contribution in [2.24, 2.45) is 0 Å². The van der Waals surface area contributed by atoms with Crippen LogP contribution in [0.4, 0.5) is 0 Å². The van der Waals surface area contributed by atoms with Gasteiger partial charge in [-0.15, -0.1) is 0 Å². The van der Waals surface area contributed by atoms with Crippen molar-refractivity contribution in [1.29, 1.82) is 0 Å². The fraction of sp³-hybridized carbons (Fsp3) is 0.0909. The quantitative estimate of drug-likeness (QED) is 0.489. The van der Waals surface area contributed by atoms with Gasteiger partial charge in [0, 0.05) is 4.90 Å². The molecular formula is C22H19NOS. The van der Waals surface area contributed by atoms with Crippen LogP contribution in [0.5, 0.6) is 0 Å². The number of benzene rings is 3. The van der Waals surface area contributed by atoms with Crippen LogP contribution in [-0.4, -0.2) is 5.21 Å². The number of hydrogen-bond acceptors (Lipinski definition) is 3. The molecule has 0 aliphatic heterocycles. The highest BCUT2D eigenvalue weighted by Crippen LogP contribution is 2.39. The Kier molecular flexibility index (Phi) is 4.70. The second kappa shape index (κ2) is 7.28. The molecule has 25 heavy (non-hydrogen) atoms. The van der Waals surface area contributed by atoms with Crippen LogP contribution in [0.15, 0.2) is 89.2 Å². The van der Waals surface area contributed by atoms with E-state index in [4.69, 9.17) is 0 Å². The number of fused-ring (bicyclic) bond motifs is 2. The highest BCUT2D eigenvalue weighted by molar-refractivity contribution is 8.02. The minimum absolute atomic E-state index is 0.107. The predicted octanol–water partition coefficient (Wildman–Crippen LogP) is 5.44. The van der Waals surface area contributed by atoms with E-state index in [9.17, 15) is 5.21 Å². The molecule has 0 heterocycles. The molecule has 0 bridgehead atoms. The van der Waals surface area contributed by atoms with Crippen molar-refractivity contribution in [3.63, 3.8) is 0 Å². The lowest BCUT2D eigenvalue weighted by Crippen LogP contribution is -2.19. The lowest BCUT2D eigenvalue weighted by atomic mass is 9.95. The van der Waals surface area contributed by atoms with Gasteiger partial charge in [0.05, 0.1) is 6.04 Å². The molecule has 0 saturated heterocycles. The fourth-order valence-electron chi connectivity index (χ4n) is 3.35. The van der Waals surface area contributed by atoms with Crippen LogP contribution in [0.3, 0.4) is 0 Å². The first-order chi connectivity index (χ1) is 12.4. The van der Waals surface area contributed by atoms with Gasteiger partial charge in [0.2, 0.25) is 0 Å². The van der Waals surface area contributed by atoms with E-state index >= 15 is 0 Å². The number of thioether (sulfide) groups is 1. The summed E-state index contributed by atoms with van der Waals surface area (Å²) in [5.74, 6) is 0. The van der Waals surface area contributed by atoms with E-state index in [0.29, 0.717) is 0 Å². The lowest BCUT2D eigenvalue weighted by molar-refractivity contribution is 0.126. The highest BCUT2D eigenvalue weighted by atomic mass is 32.2. The van der Waals surface area contributed by atoms with Gasteiger partial charge in [-0.25, -0.2) is 0 Å². The first kappa shape index (κ1) is 16.2. The van der Waals surface area contributed by atoms with Gasteiger partial charge in [0.25, 0.3) is 0 Å². The maximum absolute atomic E-state index is 9.71. The third-order valence-electron chi connectivity index (χ3n) is 4.57. The summed E-state index contributed by atoms with van der Waals surface area (Å²) in [5, 5.41) is 11.9. The smallest absolute Gasteiger partial charge is 0.0615 e. The van der Waals surface area contributed by atoms with E-state index in [1.807, 2.05) is 12.1 Å². The number of hydroxylamine groups is 1. The van der Waals surface area contributed by atoms with Gasteiger partial charge in [-0.1, -0.05) is 78.5 Å². The summed E-state index contributed by atoms with van der Waals surface area (Å²) in [5.41, 5.74) is 8.48. The van der Waals surface area contributed by atoms with Crippen LogP contribution in [0, 0.1) is 0 Å². The lowest BCUT2D eigenvalue weighted by Gasteiger charge is -2.16. The minimum atomic E-state index is -0.107. The summed E-state index contributed by atoms with van der Waals surface area (Å²) >= 11 is 1.73. The Balaban J connectivity index is 1.87. The van der Waals surface area contributed by atoms with Gasteiger partial charge < -0.3 is 5.21 Å². The average molecular weight is 345 g/mol. The average Bonchev–Trinajstić information content (AvgIpc) is 2.81. The third kappa shape index (κ3) is 3.27. The van der Waals surface area contributed by atoms with Crippen molar-refractivity contribution in [3.05, 3.63) is 107 Å². The van der Waals surface area contributed by atoms with Crippen LogP contribution < -0.4 is 5.48 Å². The van der Waals surface area contributed by atoms with Gasteiger partial charge in [-0.05, 0) is 51.8 Å². The van der Waals surface area contributed by atoms with Crippen LogP contribution in [0.1, 0.15) is 28.3 Å². The van der Waals surface area contributed by atoms with Gasteiger partial charge in [-0.3, -0.25) is 0 Å². The molecule has 2 nitrogen and oxygen atoms in total. The van der Waals surface area contributed by atoms with Crippen molar-refractivity contribution in [1.82, 2.24) is 5.48 Å². The predicted molar refractivity (Wildman–Crippen MR) is 104 cm³/mol. The Hall–Kier alpha value is -2.33. The zero-order valence-corrected chi connectivity index (χ0v) is 14.5. The molecule has 0 fully saturated rings. The molecule has 3 aromatic rings. The summed E-state index contributed by atoms with van der Waals surface area (Å²) in [4.78, 5) is 1.21. The molecular weight excluding hydrogens is 326 g/mol. The van der Waals surface area contributed by atoms with Gasteiger partial charge in [-0.2, -0.15) is 5.48 Å². The Morgan fingerprint density at radius 1 is 0.840 bits per heavy atom. The molecule has 0 amide bonds. The molecule has 124 valence electrons. The molecule has 3 aromatic carbocycles. The maximum atomic E-state index is 9.71. The summed E-state index contributed by atoms with van der Waals surface area (Å²) < 4.78 is 0. The summed E-state index contributed by atoms with van der Waals surface area (Å²) in [6.45, 7) is 0. The Morgan fingerprint density at radius 2 is 1.52 bits per heavy atom. The van der Waals surface area contributed by atoms with Crippen molar-refractivity contribution < 1.29 is 5.21 Å². The molecule has 0 radical (unpaired) electrons. The van der Waals surface area contributed by atoms with Gasteiger partial charge >= 0.3 is 0 Å². The first-order valence-corrected chi connectivity index (χ1v) is 9.24. The van der Waals surface area contributed by atoms with Crippen molar-refractivity contribution in [2.45, 2.75) is 17.4 Å². The SMILES string of the molecule is ONC1Cc2ccccc2/C(=C\Sc2ccccc2)c2ccccc21. The standard InChI is InChI=1S/C22H19NOS/c24-23-22-14-16-8-4-5-11-18(16)21(19-12-6-7-13-20(19)22)15-25-17-9-2-1-3-10-17/h1-13,15,22-24H,14H2/b21-15+. The van der Waals surface area contributed by atoms with Crippen molar-refractivity contribution in [2.75, 3.05) is 0 Å². The Morgan fingerprint density at radius 3 is 2.32 bits per heavy atom. The van der Waals surface area contributed by atoms with E-state index in [0.717, 1.165) is 12.0 Å². The molecule has 1 aliphatic rings.